The molecule has 1 aromatic heterocycles. The van der Waals surface area contributed by atoms with Crippen LogP contribution in [0, 0.1) is 0 Å². The van der Waals surface area contributed by atoms with Gasteiger partial charge in [-0.3, -0.25) is 4.98 Å². The number of nitrogens with zero attached hydrogens (tertiary/aromatic N) is 1. The van der Waals surface area contributed by atoms with Crippen molar-refractivity contribution in [3.8, 4) is 0 Å². The topological polar surface area (TPSA) is 24.9 Å². The molecule has 0 aliphatic rings. The van der Waals surface area contributed by atoms with Gasteiger partial charge < -0.3 is 5.32 Å². The first-order valence-corrected chi connectivity index (χ1v) is 7.02. The Morgan fingerprint density at radius 3 is 2.80 bits per heavy atom. The van der Waals surface area contributed by atoms with Crippen molar-refractivity contribution in [3.05, 3.63) is 71.9 Å². The van der Waals surface area contributed by atoms with Crippen molar-refractivity contribution in [2.45, 2.75) is 19.9 Å². The SMILES string of the molecule is CCc1ccccc1NCc1ccc2ncccc2c1. The Morgan fingerprint density at radius 1 is 1.00 bits per heavy atom. The van der Waals surface area contributed by atoms with Crippen LogP contribution >= 0.6 is 0 Å². The van der Waals surface area contributed by atoms with Crippen molar-refractivity contribution in [3.63, 3.8) is 0 Å². The van der Waals surface area contributed by atoms with Crippen LogP contribution in [0.5, 0.6) is 0 Å². The van der Waals surface area contributed by atoms with Gasteiger partial charge in [-0.15, -0.1) is 0 Å². The number of hydrogen-bond donors (Lipinski definition) is 1. The Bertz CT molecular complexity index is 719. The molecule has 0 radical (unpaired) electrons. The van der Waals surface area contributed by atoms with Crippen molar-refractivity contribution in [2.24, 2.45) is 0 Å². The molecule has 3 aromatic rings. The Morgan fingerprint density at radius 2 is 1.90 bits per heavy atom. The molecule has 20 heavy (non-hydrogen) atoms. The molecule has 100 valence electrons. The average molecular weight is 262 g/mol. The summed E-state index contributed by atoms with van der Waals surface area (Å²) in [6.45, 7) is 3.02. The summed E-state index contributed by atoms with van der Waals surface area (Å²) < 4.78 is 0. The van der Waals surface area contributed by atoms with Crippen molar-refractivity contribution < 1.29 is 0 Å². The van der Waals surface area contributed by atoms with Gasteiger partial charge in [0, 0.05) is 23.8 Å². The van der Waals surface area contributed by atoms with E-state index in [2.05, 4.69) is 65.8 Å². The highest BCUT2D eigenvalue weighted by Crippen LogP contribution is 2.18. The third-order valence-electron chi connectivity index (χ3n) is 3.55. The lowest BCUT2D eigenvalue weighted by molar-refractivity contribution is 1.09. The van der Waals surface area contributed by atoms with Crippen LogP contribution in [0.15, 0.2) is 60.8 Å². The number of para-hydroxylation sites is 1. The van der Waals surface area contributed by atoms with Crippen LogP contribution in [0.25, 0.3) is 10.9 Å². The summed E-state index contributed by atoms with van der Waals surface area (Å²) in [5.41, 5.74) is 4.90. The van der Waals surface area contributed by atoms with E-state index < -0.39 is 0 Å². The molecule has 0 spiro atoms. The quantitative estimate of drug-likeness (QED) is 0.753. The first-order chi connectivity index (χ1) is 9.86. The summed E-state index contributed by atoms with van der Waals surface area (Å²) in [4.78, 5) is 4.35. The number of nitrogens with one attached hydrogen (secondary N) is 1. The highest BCUT2D eigenvalue weighted by atomic mass is 14.9. The second kappa shape index (κ2) is 5.74. The van der Waals surface area contributed by atoms with Gasteiger partial charge in [0.2, 0.25) is 0 Å². The third-order valence-corrected chi connectivity index (χ3v) is 3.55. The van der Waals surface area contributed by atoms with E-state index in [1.165, 1.54) is 22.2 Å². The molecule has 2 aromatic carbocycles. The van der Waals surface area contributed by atoms with Crippen LogP contribution in [0.1, 0.15) is 18.1 Å². The first-order valence-electron chi connectivity index (χ1n) is 7.02. The van der Waals surface area contributed by atoms with E-state index in [0.29, 0.717) is 0 Å². The molecular weight excluding hydrogens is 244 g/mol. The Hall–Kier alpha value is -2.35. The van der Waals surface area contributed by atoms with Crippen molar-refractivity contribution in [1.82, 2.24) is 4.98 Å². The van der Waals surface area contributed by atoms with E-state index in [1.54, 1.807) is 0 Å². The van der Waals surface area contributed by atoms with Gasteiger partial charge in [0.25, 0.3) is 0 Å². The largest absolute Gasteiger partial charge is 0.381 e. The van der Waals surface area contributed by atoms with Crippen LogP contribution < -0.4 is 5.32 Å². The molecule has 0 bridgehead atoms. The van der Waals surface area contributed by atoms with Crippen LogP contribution in [0.2, 0.25) is 0 Å². The van der Waals surface area contributed by atoms with Gasteiger partial charge >= 0.3 is 0 Å². The van der Waals surface area contributed by atoms with E-state index in [4.69, 9.17) is 0 Å². The average Bonchev–Trinajstić information content (AvgIpc) is 2.53. The van der Waals surface area contributed by atoms with Gasteiger partial charge in [0.1, 0.15) is 0 Å². The second-order valence-corrected chi connectivity index (χ2v) is 4.89. The number of fused-ring (bicyclic) bond motifs is 1. The first kappa shape index (κ1) is 12.7. The summed E-state index contributed by atoms with van der Waals surface area (Å²) >= 11 is 0. The standard InChI is InChI=1S/C18H18N2/c1-2-15-6-3-4-8-17(15)20-13-14-9-10-18-16(12-14)7-5-11-19-18/h3-12,20H,2,13H2,1H3. The van der Waals surface area contributed by atoms with Gasteiger partial charge in [-0.2, -0.15) is 0 Å². The van der Waals surface area contributed by atoms with Crippen LogP contribution in [0.3, 0.4) is 0 Å². The highest BCUT2D eigenvalue weighted by molar-refractivity contribution is 5.79. The van der Waals surface area contributed by atoms with E-state index >= 15 is 0 Å². The predicted octanol–water partition coefficient (Wildman–Crippen LogP) is 4.41. The fourth-order valence-electron chi connectivity index (χ4n) is 2.43. The molecule has 3 rings (SSSR count). The molecular formula is C18H18N2. The highest BCUT2D eigenvalue weighted by Gasteiger charge is 2.00. The van der Waals surface area contributed by atoms with E-state index in [0.717, 1.165) is 18.5 Å². The minimum atomic E-state index is 0.835. The number of anilines is 1. The second-order valence-electron chi connectivity index (χ2n) is 4.89. The monoisotopic (exact) mass is 262 g/mol. The van der Waals surface area contributed by atoms with Crippen molar-refractivity contribution in [1.29, 1.82) is 0 Å². The maximum Gasteiger partial charge on any atom is 0.0702 e. The third kappa shape index (κ3) is 2.64. The zero-order valence-electron chi connectivity index (χ0n) is 11.6. The predicted molar refractivity (Wildman–Crippen MR) is 84.9 cm³/mol. The molecule has 0 saturated carbocycles. The van der Waals surface area contributed by atoms with Gasteiger partial charge in [-0.05, 0) is 41.8 Å². The van der Waals surface area contributed by atoms with Crippen LogP contribution in [-0.4, -0.2) is 4.98 Å². The van der Waals surface area contributed by atoms with E-state index in [1.807, 2.05) is 12.3 Å². The number of benzene rings is 2. The minimum absolute atomic E-state index is 0.835. The Labute approximate surface area is 119 Å². The van der Waals surface area contributed by atoms with Gasteiger partial charge in [-0.25, -0.2) is 0 Å². The normalized spacial score (nSPS) is 10.7. The Balaban J connectivity index is 1.79. The van der Waals surface area contributed by atoms with Gasteiger partial charge in [0.15, 0.2) is 0 Å². The van der Waals surface area contributed by atoms with Gasteiger partial charge in [0.05, 0.1) is 5.52 Å². The van der Waals surface area contributed by atoms with E-state index in [-0.39, 0.29) is 0 Å². The summed E-state index contributed by atoms with van der Waals surface area (Å²) in [7, 11) is 0. The van der Waals surface area contributed by atoms with Gasteiger partial charge in [-0.1, -0.05) is 37.3 Å². The fraction of sp³-hybridized carbons (Fsp3) is 0.167. The lowest BCUT2D eigenvalue weighted by atomic mass is 10.1. The molecule has 0 amide bonds. The number of aryl methyl sites for hydroxylation is 1. The molecule has 1 N–H and O–H groups in total. The molecule has 0 unspecified atom stereocenters. The van der Waals surface area contributed by atoms with Crippen LogP contribution in [0.4, 0.5) is 5.69 Å². The maximum atomic E-state index is 4.35. The van der Waals surface area contributed by atoms with Crippen molar-refractivity contribution >= 4 is 16.6 Å². The molecule has 0 aliphatic carbocycles. The number of pyridine rings is 1. The molecule has 0 aliphatic heterocycles. The summed E-state index contributed by atoms with van der Waals surface area (Å²) in [5, 5.41) is 4.72. The molecule has 0 atom stereocenters. The zero-order chi connectivity index (χ0) is 13.8. The Kier molecular flexibility index (Phi) is 3.64. The minimum Gasteiger partial charge on any atom is -0.381 e. The number of hydrogen-bond acceptors (Lipinski definition) is 2. The lowest BCUT2D eigenvalue weighted by Gasteiger charge is -2.11. The number of aromatic nitrogens is 1. The molecule has 2 heteroatoms. The van der Waals surface area contributed by atoms with Crippen molar-refractivity contribution in [2.75, 3.05) is 5.32 Å². The fourth-order valence-corrected chi connectivity index (χ4v) is 2.43. The molecule has 1 heterocycles. The molecule has 2 nitrogen and oxygen atoms in total. The summed E-state index contributed by atoms with van der Waals surface area (Å²) in [6.07, 6.45) is 2.88. The smallest absolute Gasteiger partial charge is 0.0702 e. The molecule has 0 saturated heterocycles. The lowest BCUT2D eigenvalue weighted by Crippen LogP contribution is -2.02. The summed E-state index contributed by atoms with van der Waals surface area (Å²) in [5.74, 6) is 0. The number of rotatable bonds is 4. The maximum absolute atomic E-state index is 4.35. The molecule has 0 fully saturated rings. The van der Waals surface area contributed by atoms with E-state index in [9.17, 15) is 0 Å². The zero-order valence-corrected chi connectivity index (χ0v) is 11.6. The summed E-state index contributed by atoms with van der Waals surface area (Å²) in [6, 6.07) is 19.0. The van der Waals surface area contributed by atoms with Crippen LogP contribution in [-0.2, 0) is 13.0 Å².